The van der Waals surface area contributed by atoms with Crippen molar-refractivity contribution in [3.8, 4) is 5.75 Å². The molecule has 2 aromatic rings. The molecule has 1 amide bonds. The van der Waals surface area contributed by atoms with Gasteiger partial charge in [0, 0.05) is 12.8 Å². The van der Waals surface area contributed by atoms with Gasteiger partial charge < -0.3 is 19.7 Å². The van der Waals surface area contributed by atoms with Gasteiger partial charge in [-0.2, -0.15) is 0 Å². The summed E-state index contributed by atoms with van der Waals surface area (Å²) in [4.78, 5) is 38.2. The summed E-state index contributed by atoms with van der Waals surface area (Å²) in [6.07, 6.45) is -1.01. The Morgan fingerprint density at radius 3 is 2.18 bits per heavy atom. The first kappa shape index (κ1) is 26.7. The molecule has 3 N–H and O–H groups in total. The topological polar surface area (TPSA) is 125 Å². The molecule has 0 aromatic heterocycles. The maximum Gasteiger partial charge on any atom is 0.425 e. The molecular formula is C25H32N2O7. The number of hydrazine groups is 1. The minimum Gasteiger partial charge on any atom is -0.508 e. The summed E-state index contributed by atoms with van der Waals surface area (Å²) in [5, 5.41) is 20.8. The maximum atomic E-state index is 13.2. The Labute approximate surface area is 199 Å². The highest BCUT2D eigenvalue weighted by Crippen LogP contribution is 2.20. The number of ether oxygens (including phenoxy) is 2. The van der Waals surface area contributed by atoms with E-state index in [1.165, 1.54) is 6.07 Å². The Balaban J connectivity index is 2.44. The van der Waals surface area contributed by atoms with Crippen LogP contribution in [-0.4, -0.2) is 57.5 Å². The quantitative estimate of drug-likeness (QED) is 0.355. The molecule has 0 saturated heterocycles. The van der Waals surface area contributed by atoms with Crippen LogP contribution in [0.4, 0.5) is 4.79 Å². The van der Waals surface area contributed by atoms with E-state index in [4.69, 9.17) is 9.47 Å². The monoisotopic (exact) mass is 472 g/mol. The number of benzene rings is 2. The predicted molar refractivity (Wildman–Crippen MR) is 125 cm³/mol. The van der Waals surface area contributed by atoms with Crippen molar-refractivity contribution in [3.63, 3.8) is 0 Å². The molecule has 9 nitrogen and oxygen atoms in total. The van der Waals surface area contributed by atoms with Crippen LogP contribution in [0.3, 0.4) is 0 Å². The van der Waals surface area contributed by atoms with E-state index in [0.717, 1.165) is 10.6 Å². The van der Waals surface area contributed by atoms with Crippen LogP contribution in [0.5, 0.6) is 5.75 Å². The van der Waals surface area contributed by atoms with Crippen LogP contribution in [0, 0.1) is 0 Å². The molecule has 0 fully saturated rings. The number of rotatable bonds is 10. The number of aliphatic carboxylic acids is 1. The number of carboxylic acids is 1. The molecule has 0 aliphatic heterocycles. The number of para-hydroxylation sites is 1. The SMILES string of the molecule is CCOC(=O)[C@H](Cc1ccccc1)N(N[C@@H](Cc1ccccc1O)C(=O)O)C(=O)OC(C)(C)C. The third-order valence-electron chi connectivity index (χ3n) is 4.74. The normalized spacial score (nSPS) is 12.9. The van der Waals surface area contributed by atoms with Gasteiger partial charge in [-0.15, -0.1) is 0 Å². The van der Waals surface area contributed by atoms with Crippen LogP contribution >= 0.6 is 0 Å². The summed E-state index contributed by atoms with van der Waals surface area (Å²) in [5.74, 6) is -2.07. The average molecular weight is 473 g/mol. The van der Waals surface area contributed by atoms with Crippen LogP contribution in [0.1, 0.15) is 38.8 Å². The van der Waals surface area contributed by atoms with E-state index in [2.05, 4.69) is 5.43 Å². The van der Waals surface area contributed by atoms with Gasteiger partial charge in [0.2, 0.25) is 0 Å². The van der Waals surface area contributed by atoms with Crippen molar-refractivity contribution in [1.29, 1.82) is 0 Å². The largest absolute Gasteiger partial charge is 0.508 e. The Bertz CT molecular complexity index is 973. The summed E-state index contributed by atoms with van der Waals surface area (Å²) in [5.41, 5.74) is 2.86. The van der Waals surface area contributed by atoms with E-state index < -0.39 is 35.7 Å². The van der Waals surface area contributed by atoms with Crippen LogP contribution in [0.2, 0.25) is 0 Å². The van der Waals surface area contributed by atoms with E-state index in [9.17, 15) is 24.6 Å². The highest BCUT2D eigenvalue weighted by molar-refractivity contribution is 5.82. The fraction of sp³-hybridized carbons (Fsp3) is 0.400. The van der Waals surface area contributed by atoms with Gasteiger partial charge in [0.25, 0.3) is 0 Å². The van der Waals surface area contributed by atoms with E-state index >= 15 is 0 Å². The first-order chi connectivity index (χ1) is 16.0. The number of hydrogen-bond donors (Lipinski definition) is 3. The number of nitrogens with one attached hydrogen (secondary N) is 1. The van der Waals surface area contributed by atoms with Gasteiger partial charge in [-0.05, 0) is 44.9 Å². The maximum absolute atomic E-state index is 13.2. The molecular weight excluding hydrogens is 440 g/mol. The second-order valence-corrected chi connectivity index (χ2v) is 8.66. The van der Waals surface area contributed by atoms with Gasteiger partial charge in [-0.1, -0.05) is 48.5 Å². The molecule has 0 heterocycles. The van der Waals surface area contributed by atoms with Crippen LogP contribution < -0.4 is 5.43 Å². The van der Waals surface area contributed by atoms with Gasteiger partial charge in [0.15, 0.2) is 6.04 Å². The van der Waals surface area contributed by atoms with Crippen molar-refractivity contribution in [1.82, 2.24) is 10.4 Å². The number of hydrogen-bond acceptors (Lipinski definition) is 7. The van der Waals surface area contributed by atoms with Gasteiger partial charge >= 0.3 is 18.0 Å². The molecule has 9 heteroatoms. The van der Waals surface area contributed by atoms with Crippen molar-refractivity contribution in [2.75, 3.05) is 6.61 Å². The van der Waals surface area contributed by atoms with Gasteiger partial charge in [0.05, 0.1) is 6.61 Å². The molecule has 2 aromatic carbocycles. The zero-order valence-corrected chi connectivity index (χ0v) is 19.9. The standard InChI is InChI=1S/C25H32N2O7/c1-5-33-23(31)20(15-17-11-7-6-8-12-17)27(24(32)34-25(2,3)4)26-19(22(29)30)16-18-13-9-10-14-21(18)28/h6-14,19-20,26,28H,5,15-16H2,1-4H3,(H,29,30)/t19-,20-/m0/s1. The number of carbonyl (C=O) groups is 3. The minimum absolute atomic E-state index is 0.0643. The first-order valence-corrected chi connectivity index (χ1v) is 11.0. The van der Waals surface area contributed by atoms with Gasteiger partial charge in [-0.3, -0.25) is 4.79 Å². The molecule has 2 rings (SSSR count). The number of amides is 1. The van der Waals surface area contributed by atoms with Crippen LogP contribution in [-0.2, 0) is 31.9 Å². The zero-order valence-electron chi connectivity index (χ0n) is 19.9. The lowest BCUT2D eigenvalue weighted by atomic mass is 10.0. The summed E-state index contributed by atoms with van der Waals surface area (Å²) < 4.78 is 10.7. The molecule has 2 atom stereocenters. The van der Waals surface area contributed by atoms with E-state index in [-0.39, 0.29) is 25.2 Å². The number of nitrogens with zero attached hydrogens (tertiary/aromatic N) is 1. The van der Waals surface area contributed by atoms with Gasteiger partial charge in [-0.25, -0.2) is 20.0 Å². The molecule has 34 heavy (non-hydrogen) atoms. The lowest BCUT2D eigenvalue weighted by Crippen LogP contribution is -2.60. The highest BCUT2D eigenvalue weighted by Gasteiger charge is 2.37. The van der Waals surface area contributed by atoms with Crippen LogP contribution in [0.15, 0.2) is 54.6 Å². The highest BCUT2D eigenvalue weighted by atomic mass is 16.6. The molecule has 0 radical (unpaired) electrons. The van der Waals surface area contributed by atoms with E-state index in [1.807, 2.05) is 6.07 Å². The summed E-state index contributed by atoms with van der Waals surface area (Å²) in [6.45, 7) is 6.70. The minimum atomic E-state index is -1.35. The second-order valence-electron chi connectivity index (χ2n) is 8.66. The Hall–Kier alpha value is -3.59. The van der Waals surface area contributed by atoms with Crippen molar-refractivity contribution >= 4 is 18.0 Å². The molecule has 0 saturated carbocycles. The zero-order chi connectivity index (χ0) is 25.3. The Kier molecular flexibility index (Phi) is 9.44. The first-order valence-electron chi connectivity index (χ1n) is 11.0. The third kappa shape index (κ3) is 8.08. The number of phenols is 1. The summed E-state index contributed by atoms with van der Waals surface area (Å²) in [7, 11) is 0. The third-order valence-corrected chi connectivity index (χ3v) is 4.74. The molecule has 184 valence electrons. The van der Waals surface area contributed by atoms with Crippen molar-refractivity contribution < 1.29 is 34.1 Å². The summed E-state index contributed by atoms with van der Waals surface area (Å²) >= 11 is 0. The molecule has 0 bridgehead atoms. The fourth-order valence-corrected chi connectivity index (χ4v) is 3.20. The second kappa shape index (κ2) is 12.0. The lowest BCUT2D eigenvalue weighted by Gasteiger charge is -2.34. The van der Waals surface area contributed by atoms with Crippen molar-refractivity contribution in [3.05, 3.63) is 65.7 Å². The summed E-state index contributed by atoms with van der Waals surface area (Å²) in [6, 6.07) is 12.7. The van der Waals surface area contributed by atoms with Gasteiger partial charge in [0.1, 0.15) is 17.4 Å². The molecule has 0 unspecified atom stereocenters. The smallest absolute Gasteiger partial charge is 0.425 e. The number of phenolic OH excluding ortho intramolecular Hbond substituents is 1. The van der Waals surface area contributed by atoms with Crippen molar-refractivity contribution in [2.24, 2.45) is 0 Å². The Morgan fingerprint density at radius 2 is 1.62 bits per heavy atom. The number of esters is 1. The predicted octanol–water partition coefficient (Wildman–Crippen LogP) is 3.30. The van der Waals surface area contributed by atoms with E-state index in [0.29, 0.717) is 5.56 Å². The van der Waals surface area contributed by atoms with Crippen molar-refractivity contribution in [2.45, 2.75) is 58.2 Å². The van der Waals surface area contributed by atoms with E-state index in [1.54, 1.807) is 70.2 Å². The lowest BCUT2D eigenvalue weighted by molar-refractivity contribution is -0.153. The average Bonchev–Trinajstić information content (AvgIpc) is 2.76. The number of carboxylic acid groups (broad SMARTS) is 1. The fourth-order valence-electron chi connectivity index (χ4n) is 3.20. The Morgan fingerprint density at radius 1 is 1.00 bits per heavy atom. The molecule has 0 aliphatic rings. The molecule has 0 spiro atoms. The number of aromatic hydroxyl groups is 1. The van der Waals surface area contributed by atoms with Crippen LogP contribution in [0.25, 0.3) is 0 Å². The molecule has 0 aliphatic carbocycles. The number of carbonyl (C=O) groups excluding carboxylic acids is 2.